The van der Waals surface area contributed by atoms with Gasteiger partial charge in [0.05, 0.1) is 0 Å². The number of carbonyl (C=O) groups excluding carboxylic acids is 1. The number of carbonyl (C=O) groups is 1. The van der Waals surface area contributed by atoms with Crippen molar-refractivity contribution < 1.29 is 4.79 Å². The summed E-state index contributed by atoms with van der Waals surface area (Å²) in [4.78, 5) is 18.5. The van der Waals surface area contributed by atoms with E-state index in [2.05, 4.69) is 32.7 Å². The van der Waals surface area contributed by atoms with Gasteiger partial charge in [0.2, 0.25) is 0 Å². The molecule has 1 aromatic heterocycles. The van der Waals surface area contributed by atoms with Gasteiger partial charge in [-0.05, 0) is 42.7 Å². The number of anilines is 2. The summed E-state index contributed by atoms with van der Waals surface area (Å²) >= 11 is 0. The van der Waals surface area contributed by atoms with Crippen LogP contribution in [0.5, 0.6) is 0 Å². The molecule has 0 radical (unpaired) electrons. The van der Waals surface area contributed by atoms with Gasteiger partial charge < -0.3 is 15.5 Å². The van der Waals surface area contributed by atoms with Crippen molar-refractivity contribution in [3.63, 3.8) is 0 Å². The first-order chi connectivity index (χ1) is 11.8. The molecule has 0 unspecified atom stereocenters. The molecular formula is C19H24N4O. The van der Waals surface area contributed by atoms with Crippen molar-refractivity contribution >= 4 is 17.4 Å². The minimum Gasteiger partial charge on any atom is -0.371 e. The molecule has 1 aliphatic rings. The Morgan fingerprint density at radius 1 is 1.08 bits per heavy atom. The van der Waals surface area contributed by atoms with Crippen LogP contribution in [0.15, 0.2) is 48.8 Å². The van der Waals surface area contributed by atoms with Gasteiger partial charge in [-0.15, -0.1) is 0 Å². The number of aromatic nitrogens is 1. The van der Waals surface area contributed by atoms with E-state index in [1.807, 2.05) is 24.3 Å². The van der Waals surface area contributed by atoms with E-state index in [4.69, 9.17) is 0 Å². The summed E-state index contributed by atoms with van der Waals surface area (Å²) in [6, 6.07) is 11.7. The Kier molecular flexibility index (Phi) is 5.66. The molecule has 1 aromatic carbocycles. The van der Waals surface area contributed by atoms with Gasteiger partial charge in [-0.1, -0.05) is 25.0 Å². The van der Waals surface area contributed by atoms with Crippen LogP contribution in [-0.4, -0.2) is 24.1 Å². The van der Waals surface area contributed by atoms with Crippen molar-refractivity contribution in [2.75, 3.05) is 23.3 Å². The molecular weight excluding hydrogens is 300 g/mol. The van der Waals surface area contributed by atoms with Gasteiger partial charge in [0, 0.05) is 43.4 Å². The number of pyridine rings is 1. The highest BCUT2D eigenvalue weighted by Gasteiger charge is 2.10. The first kappa shape index (κ1) is 16.3. The lowest BCUT2D eigenvalue weighted by Crippen LogP contribution is -2.28. The summed E-state index contributed by atoms with van der Waals surface area (Å²) in [5, 5.41) is 5.76. The summed E-state index contributed by atoms with van der Waals surface area (Å²) < 4.78 is 0. The highest BCUT2D eigenvalue weighted by atomic mass is 16.2. The molecule has 0 aliphatic carbocycles. The van der Waals surface area contributed by atoms with E-state index >= 15 is 0 Å². The van der Waals surface area contributed by atoms with Crippen molar-refractivity contribution in [2.45, 2.75) is 32.2 Å². The molecule has 1 aliphatic heterocycles. The van der Waals surface area contributed by atoms with Gasteiger partial charge in [-0.3, -0.25) is 4.98 Å². The molecule has 24 heavy (non-hydrogen) atoms. The standard InChI is InChI=1S/C19H24N4O/c24-19(21-15-16-7-6-10-20-14-16)22-17-8-5-9-18(13-17)23-11-3-1-2-4-12-23/h5-10,13-14H,1-4,11-12,15H2,(H2,21,22,24). The van der Waals surface area contributed by atoms with Gasteiger partial charge in [-0.25, -0.2) is 4.79 Å². The molecule has 2 heterocycles. The number of rotatable bonds is 4. The second-order valence-corrected chi connectivity index (χ2v) is 6.12. The van der Waals surface area contributed by atoms with Crippen LogP contribution in [0.4, 0.5) is 16.2 Å². The minimum atomic E-state index is -0.202. The topological polar surface area (TPSA) is 57.3 Å². The Bertz CT molecular complexity index is 651. The highest BCUT2D eigenvalue weighted by Crippen LogP contribution is 2.22. The molecule has 0 saturated carbocycles. The first-order valence-electron chi connectivity index (χ1n) is 8.60. The number of nitrogens with zero attached hydrogens (tertiary/aromatic N) is 2. The lowest BCUT2D eigenvalue weighted by Gasteiger charge is -2.23. The van der Waals surface area contributed by atoms with Crippen molar-refractivity contribution in [3.05, 3.63) is 54.4 Å². The Morgan fingerprint density at radius 3 is 2.67 bits per heavy atom. The SMILES string of the molecule is O=C(NCc1cccnc1)Nc1cccc(N2CCCCCC2)c1. The monoisotopic (exact) mass is 324 g/mol. The molecule has 0 spiro atoms. The van der Waals surface area contributed by atoms with Gasteiger partial charge >= 0.3 is 6.03 Å². The molecule has 126 valence electrons. The molecule has 1 saturated heterocycles. The maximum Gasteiger partial charge on any atom is 0.319 e. The third-order valence-electron chi connectivity index (χ3n) is 4.25. The third kappa shape index (κ3) is 4.72. The van der Waals surface area contributed by atoms with Crippen LogP contribution < -0.4 is 15.5 Å². The summed E-state index contributed by atoms with van der Waals surface area (Å²) in [6.45, 7) is 2.65. The van der Waals surface area contributed by atoms with Crippen LogP contribution in [0, 0.1) is 0 Å². The van der Waals surface area contributed by atoms with Crippen LogP contribution in [0.2, 0.25) is 0 Å². The normalized spacial score (nSPS) is 14.8. The van der Waals surface area contributed by atoms with Gasteiger partial charge in [0.15, 0.2) is 0 Å². The zero-order valence-corrected chi connectivity index (χ0v) is 13.9. The zero-order valence-electron chi connectivity index (χ0n) is 13.9. The van der Waals surface area contributed by atoms with Crippen LogP contribution >= 0.6 is 0 Å². The summed E-state index contributed by atoms with van der Waals surface area (Å²) in [7, 11) is 0. The molecule has 1 fully saturated rings. The molecule has 2 aromatic rings. The number of hydrogen-bond donors (Lipinski definition) is 2. The van der Waals surface area contributed by atoms with Crippen LogP contribution in [0.3, 0.4) is 0 Å². The van der Waals surface area contributed by atoms with E-state index in [-0.39, 0.29) is 6.03 Å². The lowest BCUT2D eigenvalue weighted by atomic mass is 10.2. The summed E-state index contributed by atoms with van der Waals surface area (Å²) in [5.74, 6) is 0. The van der Waals surface area contributed by atoms with E-state index in [9.17, 15) is 4.79 Å². The van der Waals surface area contributed by atoms with Crippen LogP contribution in [0.1, 0.15) is 31.2 Å². The Labute approximate surface area is 143 Å². The Hall–Kier alpha value is -2.56. The van der Waals surface area contributed by atoms with Crippen molar-refractivity contribution in [1.82, 2.24) is 10.3 Å². The predicted octanol–water partition coefficient (Wildman–Crippen LogP) is 3.78. The van der Waals surface area contributed by atoms with E-state index in [1.165, 1.54) is 31.4 Å². The predicted molar refractivity (Wildman–Crippen MR) is 97.2 cm³/mol. The number of hydrogen-bond acceptors (Lipinski definition) is 3. The average molecular weight is 324 g/mol. The van der Waals surface area contributed by atoms with E-state index < -0.39 is 0 Å². The summed E-state index contributed by atoms with van der Waals surface area (Å²) in [6.07, 6.45) is 8.57. The van der Waals surface area contributed by atoms with Crippen molar-refractivity contribution in [3.8, 4) is 0 Å². The highest BCUT2D eigenvalue weighted by molar-refractivity contribution is 5.89. The maximum absolute atomic E-state index is 12.1. The number of urea groups is 1. The van der Waals surface area contributed by atoms with E-state index in [1.54, 1.807) is 12.4 Å². The van der Waals surface area contributed by atoms with Crippen LogP contribution in [-0.2, 0) is 6.54 Å². The number of nitrogens with one attached hydrogen (secondary N) is 2. The molecule has 0 atom stereocenters. The number of benzene rings is 1. The largest absolute Gasteiger partial charge is 0.371 e. The van der Waals surface area contributed by atoms with E-state index in [0.717, 1.165) is 24.3 Å². The minimum absolute atomic E-state index is 0.202. The molecule has 5 heteroatoms. The average Bonchev–Trinajstić information content (AvgIpc) is 2.91. The van der Waals surface area contributed by atoms with E-state index in [0.29, 0.717) is 6.54 Å². The first-order valence-corrected chi connectivity index (χ1v) is 8.60. The van der Waals surface area contributed by atoms with Crippen LogP contribution in [0.25, 0.3) is 0 Å². The fourth-order valence-corrected chi connectivity index (χ4v) is 2.97. The number of amides is 2. The smallest absolute Gasteiger partial charge is 0.319 e. The molecule has 0 bridgehead atoms. The second-order valence-electron chi connectivity index (χ2n) is 6.12. The second kappa shape index (κ2) is 8.34. The fourth-order valence-electron chi connectivity index (χ4n) is 2.97. The Morgan fingerprint density at radius 2 is 1.92 bits per heavy atom. The van der Waals surface area contributed by atoms with Crippen molar-refractivity contribution in [1.29, 1.82) is 0 Å². The molecule has 2 amide bonds. The fraction of sp³-hybridized carbons (Fsp3) is 0.368. The molecule has 2 N–H and O–H groups in total. The molecule has 3 rings (SSSR count). The van der Waals surface area contributed by atoms with Gasteiger partial charge in [-0.2, -0.15) is 0 Å². The molecule has 5 nitrogen and oxygen atoms in total. The lowest BCUT2D eigenvalue weighted by molar-refractivity contribution is 0.251. The maximum atomic E-state index is 12.1. The van der Waals surface area contributed by atoms with Gasteiger partial charge in [0.25, 0.3) is 0 Å². The third-order valence-corrected chi connectivity index (χ3v) is 4.25. The van der Waals surface area contributed by atoms with Gasteiger partial charge in [0.1, 0.15) is 0 Å². The quantitative estimate of drug-likeness (QED) is 0.900. The summed E-state index contributed by atoms with van der Waals surface area (Å²) in [5.41, 5.74) is 2.98. The van der Waals surface area contributed by atoms with Crippen molar-refractivity contribution in [2.24, 2.45) is 0 Å². The zero-order chi connectivity index (χ0) is 16.6. The Balaban J connectivity index is 1.56.